The zero-order valence-electron chi connectivity index (χ0n) is 16.6. The van der Waals surface area contributed by atoms with Crippen molar-refractivity contribution < 1.29 is 4.79 Å². The average molecular weight is 467 g/mol. The molecule has 5 nitrogen and oxygen atoms in total. The van der Waals surface area contributed by atoms with E-state index in [-0.39, 0.29) is 11.7 Å². The van der Waals surface area contributed by atoms with Gasteiger partial charge in [0.1, 0.15) is 16.2 Å². The molecule has 1 aliphatic carbocycles. The van der Waals surface area contributed by atoms with Crippen LogP contribution in [0.25, 0.3) is 0 Å². The number of amides is 1. The normalized spacial score (nSPS) is 13.0. The second kappa shape index (κ2) is 10.1. The van der Waals surface area contributed by atoms with Gasteiger partial charge in [-0.2, -0.15) is 5.26 Å². The predicted molar refractivity (Wildman–Crippen MR) is 128 cm³/mol. The van der Waals surface area contributed by atoms with Crippen LogP contribution in [0, 0.1) is 11.3 Å². The number of nitrogens with zero attached hydrogens (tertiary/aromatic N) is 3. The molecule has 0 unspecified atom stereocenters. The number of benzene rings is 1. The molecule has 2 aromatic heterocycles. The summed E-state index contributed by atoms with van der Waals surface area (Å²) >= 11 is 9.04. The zero-order chi connectivity index (χ0) is 21.6. The number of thioether (sulfide) groups is 1. The maximum Gasteiger partial charge on any atom is 0.235 e. The highest BCUT2D eigenvalue weighted by Gasteiger charge is 2.21. The van der Waals surface area contributed by atoms with Gasteiger partial charge >= 0.3 is 0 Å². The van der Waals surface area contributed by atoms with E-state index in [0.29, 0.717) is 15.7 Å². The van der Waals surface area contributed by atoms with Crippen LogP contribution in [0.5, 0.6) is 0 Å². The Morgan fingerprint density at radius 1 is 1.32 bits per heavy atom. The van der Waals surface area contributed by atoms with Crippen molar-refractivity contribution in [2.24, 2.45) is 4.99 Å². The minimum absolute atomic E-state index is 0.115. The quantitative estimate of drug-likeness (QED) is 0.273. The molecule has 0 saturated carbocycles. The van der Waals surface area contributed by atoms with Gasteiger partial charge in [0.15, 0.2) is 0 Å². The third-order valence-electron chi connectivity index (χ3n) is 4.86. The molecule has 0 fully saturated rings. The molecule has 0 spiro atoms. The SMILES string of the molecule is N#Cc1c(NC(=O)CSc2cccc(N=Cc3cccnc3Cl)c2)sc2c1CCCC2. The van der Waals surface area contributed by atoms with Crippen molar-refractivity contribution in [2.75, 3.05) is 11.1 Å². The summed E-state index contributed by atoms with van der Waals surface area (Å²) in [6.45, 7) is 0. The van der Waals surface area contributed by atoms with E-state index < -0.39 is 0 Å². The summed E-state index contributed by atoms with van der Waals surface area (Å²) in [6.07, 6.45) is 7.48. The number of anilines is 1. The van der Waals surface area contributed by atoms with E-state index in [9.17, 15) is 10.1 Å². The number of carbonyl (C=O) groups is 1. The van der Waals surface area contributed by atoms with E-state index in [4.69, 9.17) is 11.6 Å². The van der Waals surface area contributed by atoms with Gasteiger partial charge in [-0.15, -0.1) is 23.1 Å². The smallest absolute Gasteiger partial charge is 0.235 e. The summed E-state index contributed by atoms with van der Waals surface area (Å²) < 4.78 is 0. The molecule has 3 aromatic rings. The Balaban J connectivity index is 1.38. The standard InChI is InChI=1S/C23H19ClN4OS2/c24-22-15(5-4-10-26-22)13-27-16-6-3-7-17(11-16)30-14-21(29)28-23-19(12-25)18-8-1-2-9-20(18)31-23/h3-7,10-11,13H,1-2,8-9,14H2,(H,28,29). The first-order valence-corrected chi connectivity index (χ1v) is 12.0. The summed E-state index contributed by atoms with van der Waals surface area (Å²) in [5.41, 5.74) is 3.28. The Bertz CT molecular complexity index is 1180. The zero-order valence-corrected chi connectivity index (χ0v) is 19.0. The maximum absolute atomic E-state index is 12.5. The van der Waals surface area contributed by atoms with Crippen molar-refractivity contribution in [2.45, 2.75) is 30.6 Å². The van der Waals surface area contributed by atoms with Crippen molar-refractivity contribution in [3.63, 3.8) is 0 Å². The van der Waals surface area contributed by atoms with Crippen LogP contribution >= 0.6 is 34.7 Å². The van der Waals surface area contributed by atoms with Crippen LogP contribution in [0.4, 0.5) is 10.7 Å². The fourth-order valence-electron chi connectivity index (χ4n) is 3.38. The largest absolute Gasteiger partial charge is 0.316 e. The van der Waals surface area contributed by atoms with Crippen molar-refractivity contribution >= 4 is 57.5 Å². The molecule has 0 bridgehead atoms. The topological polar surface area (TPSA) is 78.1 Å². The first-order valence-electron chi connectivity index (χ1n) is 9.86. The lowest BCUT2D eigenvalue weighted by Crippen LogP contribution is -2.14. The van der Waals surface area contributed by atoms with Gasteiger partial charge in [-0.05, 0) is 61.6 Å². The van der Waals surface area contributed by atoms with Gasteiger partial charge in [0, 0.05) is 27.7 Å². The van der Waals surface area contributed by atoms with E-state index in [1.807, 2.05) is 30.3 Å². The lowest BCUT2D eigenvalue weighted by Gasteiger charge is -2.09. The van der Waals surface area contributed by atoms with Gasteiger partial charge in [0.2, 0.25) is 5.91 Å². The molecule has 0 radical (unpaired) electrons. The molecule has 0 atom stereocenters. The number of nitrogens with one attached hydrogen (secondary N) is 1. The number of thiophene rings is 1. The van der Waals surface area contributed by atoms with Gasteiger partial charge in [0.05, 0.1) is 17.0 Å². The third kappa shape index (κ3) is 5.34. The second-order valence-electron chi connectivity index (χ2n) is 7.00. The summed E-state index contributed by atoms with van der Waals surface area (Å²) in [7, 11) is 0. The van der Waals surface area contributed by atoms with Crippen molar-refractivity contribution in [1.29, 1.82) is 5.26 Å². The van der Waals surface area contributed by atoms with E-state index in [1.165, 1.54) is 16.6 Å². The number of aromatic nitrogens is 1. The Kier molecular flexibility index (Phi) is 7.03. The van der Waals surface area contributed by atoms with Gasteiger partial charge in [-0.25, -0.2) is 4.98 Å². The predicted octanol–water partition coefficient (Wildman–Crippen LogP) is 6.03. The highest BCUT2D eigenvalue weighted by molar-refractivity contribution is 8.00. The van der Waals surface area contributed by atoms with Crippen molar-refractivity contribution in [3.05, 3.63) is 69.3 Å². The molecule has 4 rings (SSSR count). The summed E-state index contributed by atoms with van der Waals surface area (Å²) in [6, 6.07) is 13.6. The van der Waals surface area contributed by atoms with Crippen LogP contribution in [-0.4, -0.2) is 22.9 Å². The molecule has 1 N–H and O–H groups in total. The molecule has 1 aliphatic rings. The Morgan fingerprint density at radius 3 is 3.03 bits per heavy atom. The van der Waals surface area contributed by atoms with Crippen LogP contribution in [0.1, 0.15) is 34.4 Å². The van der Waals surface area contributed by atoms with Crippen molar-refractivity contribution in [3.8, 4) is 6.07 Å². The van der Waals surface area contributed by atoms with E-state index >= 15 is 0 Å². The van der Waals surface area contributed by atoms with E-state index in [2.05, 4.69) is 21.4 Å². The number of hydrogen-bond donors (Lipinski definition) is 1. The first kappa shape index (κ1) is 21.6. The van der Waals surface area contributed by atoms with E-state index in [1.54, 1.807) is 29.8 Å². The minimum atomic E-state index is -0.115. The summed E-state index contributed by atoms with van der Waals surface area (Å²) in [4.78, 5) is 23.2. The number of nitriles is 1. The Hall–Kier alpha value is -2.66. The molecule has 0 saturated heterocycles. The molecule has 2 heterocycles. The number of aryl methyl sites for hydroxylation is 1. The van der Waals surface area contributed by atoms with Crippen LogP contribution < -0.4 is 5.32 Å². The number of halogens is 1. The average Bonchev–Trinajstić information content (AvgIpc) is 3.14. The van der Waals surface area contributed by atoms with Crippen LogP contribution in [-0.2, 0) is 17.6 Å². The first-order chi connectivity index (χ1) is 15.1. The third-order valence-corrected chi connectivity index (χ3v) is 7.38. The summed E-state index contributed by atoms with van der Waals surface area (Å²) in [5, 5.41) is 13.6. The lowest BCUT2D eigenvalue weighted by atomic mass is 9.96. The molecule has 1 amide bonds. The molecule has 8 heteroatoms. The van der Waals surface area contributed by atoms with Gasteiger partial charge in [-0.1, -0.05) is 17.7 Å². The number of carbonyl (C=O) groups excluding carboxylic acids is 1. The fourth-order valence-corrected chi connectivity index (χ4v) is 5.55. The molecule has 0 aliphatic heterocycles. The molecule has 31 heavy (non-hydrogen) atoms. The monoisotopic (exact) mass is 466 g/mol. The molecule has 156 valence electrons. The number of aliphatic imine (C=N–C) groups is 1. The lowest BCUT2D eigenvalue weighted by molar-refractivity contribution is -0.113. The van der Waals surface area contributed by atoms with Crippen LogP contribution in [0.3, 0.4) is 0 Å². The van der Waals surface area contributed by atoms with E-state index in [0.717, 1.165) is 47.4 Å². The number of pyridine rings is 1. The van der Waals surface area contributed by atoms with Gasteiger partial charge in [-0.3, -0.25) is 9.79 Å². The maximum atomic E-state index is 12.5. The highest BCUT2D eigenvalue weighted by atomic mass is 35.5. The minimum Gasteiger partial charge on any atom is -0.316 e. The van der Waals surface area contributed by atoms with Gasteiger partial charge < -0.3 is 5.32 Å². The number of rotatable bonds is 6. The second-order valence-corrected chi connectivity index (χ2v) is 9.51. The fraction of sp³-hybridized carbons (Fsp3) is 0.217. The molecule has 1 aromatic carbocycles. The molecular formula is C23H19ClN4OS2. The highest BCUT2D eigenvalue weighted by Crippen LogP contribution is 2.37. The summed E-state index contributed by atoms with van der Waals surface area (Å²) in [5.74, 6) is 0.144. The van der Waals surface area contributed by atoms with Crippen molar-refractivity contribution in [1.82, 2.24) is 4.98 Å². The molecular weight excluding hydrogens is 448 g/mol. The number of fused-ring (bicyclic) bond motifs is 1. The van der Waals surface area contributed by atoms with Gasteiger partial charge in [0.25, 0.3) is 0 Å². The Morgan fingerprint density at radius 2 is 2.19 bits per heavy atom. The van der Waals surface area contributed by atoms with Crippen LogP contribution in [0.2, 0.25) is 5.15 Å². The number of hydrogen-bond acceptors (Lipinski definition) is 6. The Labute approximate surface area is 194 Å². The van der Waals surface area contributed by atoms with Crippen LogP contribution in [0.15, 0.2) is 52.5 Å².